The number of thiazole rings is 1. The standard InChI is InChI=1S/C28H44N10O4S/c1-41-19-15-37(16-20-42-2)27-31-23-22(24(32-27)34-7-4-3-5-8-34)30-26(36(13-17-39)14-18-40)33-25(23)35-9-11-38(12-10-35)28-29-6-21-43-28/h6,21,39-40H,3-5,7-20H2,1-2H3. The maximum Gasteiger partial charge on any atom is 0.228 e. The molecule has 2 aliphatic rings. The zero-order valence-corrected chi connectivity index (χ0v) is 26.1. The van der Waals surface area contributed by atoms with E-state index in [1.54, 1.807) is 25.6 Å². The van der Waals surface area contributed by atoms with E-state index in [9.17, 15) is 10.2 Å². The summed E-state index contributed by atoms with van der Waals surface area (Å²) < 4.78 is 10.8. The molecule has 0 bridgehead atoms. The monoisotopic (exact) mass is 616 g/mol. The Kier molecular flexibility index (Phi) is 11.3. The van der Waals surface area contributed by atoms with Gasteiger partial charge >= 0.3 is 0 Å². The second-order valence-corrected chi connectivity index (χ2v) is 11.5. The number of ether oxygens (including phenoxy) is 2. The topological polar surface area (TPSA) is 140 Å². The number of methoxy groups -OCH3 is 2. The average Bonchev–Trinajstić information content (AvgIpc) is 3.60. The van der Waals surface area contributed by atoms with Gasteiger partial charge in [-0.2, -0.15) is 9.97 Å². The zero-order valence-electron chi connectivity index (χ0n) is 25.3. The van der Waals surface area contributed by atoms with Crippen molar-refractivity contribution in [1.29, 1.82) is 0 Å². The highest BCUT2D eigenvalue weighted by atomic mass is 32.1. The summed E-state index contributed by atoms with van der Waals surface area (Å²) in [6.07, 6.45) is 5.20. The minimum absolute atomic E-state index is 0.0778. The molecule has 15 heteroatoms. The van der Waals surface area contributed by atoms with Crippen LogP contribution in [0.25, 0.3) is 11.0 Å². The van der Waals surface area contributed by atoms with Crippen molar-refractivity contribution in [3.8, 4) is 0 Å². The lowest BCUT2D eigenvalue weighted by Gasteiger charge is -2.36. The van der Waals surface area contributed by atoms with Gasteiger partial charge in [0.05, 0.1) is 26.4 Å². The molecule has 2 fully saturated rings. The quantitative estimate of drug-likeness (QED) is 0.252. The third-order valence-corrected chi connectivity index (χ3v) is 8.68. The van der Waals surface area contributed by atoms with Crippen LogP contribution >= 0.6 is 11.3 Å². The molecular weight excluding hydrogens is 572 g/mol. The summed E-state index contributed by atoms with van der Waals surface area (Å²) in [4.78, 5) is 35.7. The van der Waals surface area contributed by atoms with Gasteiger partial charge in [0.15, 0.2) is 16.8 Å². The van der Waals surface area contributed by atoms with Crippen molar-refractivity contribution in [2.45, 2.75) is 19.3 Å². The Morgan fingerprint density at radius 1 is 0.698 bits per heavy atom. The van der Waals surface area contributed by atoms with Crippen molar-refractivity contribution >= 4 is 51.0 Å². The maximum absolute atomic E-state index is 9.81. The number of anilines is 5. The summed E-state index contributed by atoms with van der Waals surface area (Å²) in [6.45, 7) is 7.61. The first-order valence-electron chi connectivity index (χ1n) is 15.1. The van der Waals surface area contributed by atoms with Gasteiger partial charge in [-0.3, -0.25) is 0 Å². The highest BCUT2D eigenvalue weighted by molar-refractivity contribution is 7.13. The van der Waals surface area contributed by atoms with Crippen LogP contribution in [-0.4, -0.2) is 141 Å². The highest BCUT2D eigenvalue weighted by Gasteiger charge is 2.28. The Bertz CT molecular complexity index is 1260. The molecule has 236 valence electrons. The molecule has 2 aliphatic heterocycles. The summed E-state index contributed by atoms with van der Waals surface area (Å²) in [5.74, 6) is 2.58. The molecule has 0 unspecified atom stereocenters. The first-order valence-corrected chi connectivity index (χ1v) is 16.0. The molecule has 0 radical (unpaired) electrons. The van der Waals surface area contributed by atoms with Gasteiger partial charge in [0, 0.05) is 91.2 Å². The number of fused-ring (bicyclic) bond motifs is 1. The number of piperidine rings is 1. The van der Waals surface area contributed by atoms with Gasteiger partial charge in [-0.15, -0.1) is 11.3 Å². The maximum atomic E-state index is 9.81. The van der Waals surface area contributed by atoms with E-state index in [1.165, 1.54) is 6.42 Å². The number of aliphatic hydroxyl groups is 2. The molecule has 0 spiro atoms. The predicted octanol–water partition coefficient (Wildman–Crippen LogP) is 1.08. The fourth-order valence-electron chi connectivity index (χ4n) is 5.54. The Balaban J connectivity index is 1.64. The van der Waals surface area contributed by atoms with E-state index in [-0.39, 0.29) is 13.2 Å². The molecule has 3 aromatic heterocycles. The molecule has 14 nitrogen and oxygen atoms in total. The van der Waals surface area contributed by atoms with Crippen molar-refractivity contribution < 1.29 is 19.7 Å². The van der Waals surface area contributed by atoms with E-state index in [4.69, 9.17) is 29.4 Å². The molecule has 2 saturated heterocycles. The summed E-state index contributed by atoms with van der Waals surface area (Å²) in [7, 11) is 3.39. The molecule has 5 heterocycles. The first kappa shape index (κ1) is 31.3. The molecule has 0 amide bonds. The van der Waals surface area contributed by atoms with Crippen molar-refractivity contribution in [1.82, 2.24) is 24.9 Å². The van der Waals surface area contributed by atoms with Gasteiger partial charge in [0.2, 0.25) is 11.9 Å². The minimum atomic E-state index is -0.0778. The minimum Gasteiger partial charge on any atom is -0.395 e. The van der Waals surface area contributed by atoms with Gasteiger partial charge < -0.3 is 44.2 Å². The van der Waals surface area contributed by atoms with Crippen molar-refractivity contribution in [3.05, 3.63) is 11.6 Å². The Labute approximate surface area is 256 Å². The number of piperazine rings is 1. The van der Waals surface area contributed by atoms with E-state index < -0.39 is 0 Å². The molecule has 43 heavy (non-hydrogen) atoms. The number of hydrogen-bond acceptors (Lipinski definition) is 15. The summed E-state index contributed by atoms with van der Waals surface area (Å²) in [5, 5.41) is 22.7. The zero-order chi connectivity index (χ0) is 30.0. The molecule has 2 N–H and O–H groups in total. The summed E-state index contributed by atoms with van der Waals surface area (Å²) >= 11 is 1.65. The Morgan fingerprint density at radius 2 is 1.21 bits per heavy atom. The van der Waals surface area contributed by atoms with Crippen LogP contribution in [0.5, 0.6) is 0 Å². The van der Waals surface area contributed by atoms with E-state index in [2.05, 4.69) is 24.6 Å². The van der Waals surface area contributed by atoms with Crippen LogP contribution in [-0.2, 0) is 9.47 Å². The largest absolute Gasteiger partial charge is 0.395 e. The smallest absolute Gasteiger partial charge is 0.228 e. The number of aliphatic hydroxyl groups excluding tert-OH is 2. The van der Waals surface area contributed by atoms with E-state index in [0.29, 0.717) is 62.3 Å². The van der Waals surface area contributed by atoms with Crippen LogP contribution in [0.3, 0.4) is 0 Å². The van der Waals surface area contributed by atoms with Crippen LogP contribution in [0.15, 0.2) is 11.6 Å². The second-order valence-electron chi connectivity index (χ2n) is 10.6. The Morgan fingerprint density at radius 3 is 1.70 bits per heavy atom. The average molecular weight is 617 g/mol. The van der Waals surface area contributed by atoms with Gasteiger partial charge in [0.25, 0.3) is 0 Å². The molecular formula is C28H44N10O4S. The molecule has 5 rings (SSSR count). The lowest BCUT2D eigenvalue weighted by Crippen LogP contribution is -2.47. The normalized spacial score (nSPS) is 15.9. The van der Waals surface area contributed by atoms with Crippen molar-refractivity contribution in [2.24, 2.45) is 0 Å². The van der Waals surface area contributed by atoms with E-state index in [1.807, 2.05) is 16.5 Å². The number of rotatable bonds is 15. The SMILES string of the molecule is COCCN(CCOC)c1nc(N2CCCCC2)c2nc(N(CCO)CCO)nc(N3CCN(c4nccs4)CC3)c2n1. The third-order valence-electron chi connectivity index (χ3n) is 7.84. The van der Waals surface area contributed by atoms with E-state index >= 15 is 0 Å². The molecule has 0 aromatic carbocycles. The predicted molar refractivity (Wildman–Crippen MR) is 170 cm³/mol. The van der Waals surface area contributed by atoms with Crippen LogP contribution < -0.4 is 24.5 Å². The highest BCUT2D eigenvalue weighted by Crippen LogP contribution is 2.34. The fourth-order valence-corrected chi connectivity index (χ4v) is 6.24. The van der Waals surface area contributed by atoms with Crippen molar-refractivity contribution in [2.75, 3.05) is 131 Å². The lowest BCUT2D eigenvalue weighted by atomic mass is 10.1. The molecule has 0 atom stereocenters. The first-order chi connectivity index (χ1) is 21.2. The van der Waals surface area contributed by atoms with Gasteiger partial charge in [-0.05, 0) is 19.3 Å². The van der Waals surface area contributed by atoms with Gasteiger partial charge in [-0.1, -0.05) is 0 Å². The number of hydrogen-bond donors (Lipinski definition) is 2. The van der Waals surface area contributed by atoms with Gasteiger partial charge in [0.1, 0.15) is 11.0 Å². The number of aromatic nitrogens is 5. The molecule has 3 aromatic rings. The second kappa shape index (κ2) is 15.6. The number of nitrogens with zero attached hydrogens (tertiary/aromatic N) is 10. The van der Waals surface area contributed by atoms with Crippen LogP contribution in [0.2, 0.25) is 0 Å². The Hall–Kier alpha value is -3.11. The lowest BCUT2D eigenvalue weighted by molar-refractivity contribution is 0.189. The van der Waals surface area contributed by atoms with Gasteiger partial charge in [-0.25, -0.2) is 15.0 Å². The van der Waals surface area contributed by atoms with Crippen LogP contribution in [0.4, 0.5) is 28.7 Å². The third kappa shape index (κ3) is 7.52. The van der Waals surface area contributed by atoms with Crippen molar-refractivity contribution in [3.63, 3.8) is 0 Å². The summed E-state index contributed by atoms with van der Waals surface area (Å²) in [5.41, 5.74) is 1.39. The van der Waals surface area contributed by atoms with Crippen LogP contribution in [0.1, 0.15) is 19.3 Å². The summed E-state index contributed by atoms with van der Waals surface area (Å²) in [6, 6.07) is 0. The molecule has 0 saturated carbocycles. The molecule has 0 aliphatic carbocycles. The fraction of sp³-hybridized carbons (Fsp3) is 0.679. The van der Waals surface area contributed by atoms with E-state index in [0.717, 1.165) is 68.9 Å². The van der Waals surface area contributed by atoms with Crippen LogP contribution in [0, 0.1) is 0 Å².